The molecule has 2 aromatic carbocycles. The van der Waals surface area contributed by atoms with E-state index in [1.54, 1.807) is 37.4 Å². The number of carbonyl (C=O) groups excluding carboxylic acids is 1. The van der Waals surface area contributed by atoms with Gasteiger partial charge in [-0.05, 0) is 44.2 Å². The Morgan fingerprint density at radius 3 is 2.32 bits per heavy atom. The zero-order valence-corrected chi connectivity index (χ0v) is 17.3. The summed E-state index contributed by atoms with van der Waals surface area (Å²) in [5.74, 6) is 0.871. The van der Waals surface area contributed by atoms with Crippen molar-refractivity contribution in [2.75, 3.05) is 24.2 Å². The first-order chi connectivity index (χ1) is 13.2. The molecule has 152 valence electrons. The van der Waals surface area contributed by atoms with Crippen LogP contribution in [-0.2, 0) is 21.4 Å². The molecule has 0 heterocycles. The predicted octanol–water partition coefficient (Wildman–Crippen LogP) is 2.56. The third-order valence-corrected chi connectivity index (χ3v) is 4.99. The molecule has 0 spiro atoms. The maximum absolute atomic E-state index is 12.4. The number of hydrogen-bond acceptors (Lipinski definition) is 5. The Balaban J connectivity index is 2.08. The average Bonchev–Trinajstić information content (AvgIpc) is 2.64. The summed E-state index contributed by atoms with van der Waals surface area (Å²) in [4.78, 5) is 12.4. The van der Waals surface area contributed by atoms with E-state index in [0.29, 0.717) is 17.2 Å². The molecular formula is C20H26N2O5S. The molecule has 0 atom stereocenters. The Hall–Kier alpha value is -2.74. The predicted molar refractivity (Wildman–Crippen MR) is 109 cm³/mol. The zero-order chi connectivity index (χ0) is 20.7. The Bertz CT molecular complexity index is 895. The Morgan fingerprint density at radius 1 is 1.11 bits per heavy atom. The number of anilines is 1. The fourth-order valence-electron chi connectivity index (χ4n) is 2.59. The fraction of sp³-hybridized carbons (Fsp3) is 0.350. The van der Waals surface area contributed by atoms with Gasteiger partial charge in [-0.15, -0.1) is 0 Å². The van der Waals surface area contributed by atoms with E-state index in [1.807, 2.05) is 32.0 Å². The van der Waals surface area contributed by atoms with Crippen LogP contribution in [0.2, 0.25) is 0 Å². The summed E-state index contributed by atoms with van der Waals surface area (Å²) in [6, 6.07) is 13.9. The minimum absolute atomic E-state index is 0.0117. The Labute approximate surface area is 166 Å². The van der Waals surface area contributed by atoms with Crippen molar-refractivity contribution in [3.8, 4) is 11.5 Å². The molecule has 28 heavy (non-hydrogen) atoms. The lowest BCUT2D eigenvalue weighted by Gasteiger charge is -2.22. The third kappa shape index (κ3) is 6.16. The summed E-state index contributed by atoms with van der Waals surface area (Å²) < 4.78 is 36.3. The number of amides is 1. The number of carbonyl (C=O) groups is 1. The van der Waals surface area contributed by atoms with Crippen molar-refractivity contribution in [3.63, 3.8) is 0 Å². The van der Waals surface area contributed by atoms with Crippen LogP contribution in [0, 0.1) is 0 Å². The second kappa shape index (κ2) is 9.45. The molecule has 1 N–H and O–H groups in total. The summed E-state index contributed by atoms with van der Waals surface area (Å²) in [6.07, 6.45) is 1.08. The van der Waals surface area contributed by atoms with E-state index in [4.69, 9.17) is 9.47 Å². The highest BCUT2D eigenvalue weighted by Crippen LogP contribution is 2.22. The van der Waals surface area contributed by atoms with Crippen molar-refractivity contribution in [1.29, 1.82) is 0 Å². The van der Waals surface area contributed by atoms with Crippen molar-refractivity contribution >= 4 is 21.6 Å². The van der Waals surface area contributed by atoms with Gasteiger partial charge >= 0.3 is 0 Å². The molecule has 8 heteroatoms. The molecule has 2 aromatic rings. The number of hydrogen-bond donors (Lipinski definition) is 1. The van der Waals surface area contributed by atoms with Crippen LogP contribution in [0.1, 0.15) is 19.4 Å². The molecule has 7 nitrogen and oxygen atoms in total. The molecule has 0 saturated heterocycles. The SMILES string of the molecule is COc1ccccc1CNC(=O)CN(c1ccc(OC(C)C)cc1)S(C)(=O)=O. The van der Waals surface area contributed by atoms with Crippen molar-refractivity contribution in [3.05, 3.63) is 54.1 Å². The Morgan fingerprint density at radius 2 is 1.75 bits per heavy atom. The highest BCUT2D eigenvalue weighted by atomic mass is 32.2. The first kappa shape index (κ1) is 21.6. The number of benzene rings is 2. The minimum atomic E-state index is -3.64. The summed E-state index contributed by atoms with van der Waals surface area (Å²) in [5, 5.41) is 2.73. The lowest BCUT2D eigenvalue weighted by molar-refractivity contribution is -0.119. The Kier molecular flexibility index (Phi) is 7.28. The van der Waals surface area contributed by atoms with Crippen LogP contribution in [0.15, 0.2) is 48.5 Å². The van der Waals surface area contributed by atoms with Crippen LogP contribution >= 0.6 is 0 Å². The van der Waals surface area contributed by atoms with Crippen molar-refractivity contribution in [2.24, 2.45) is 0 Å². The van der Waals surface area contributed by atoms with Crippen LogP contribution in [0.25, 0.3) is 0 Å². The highest BCUT2D eigenvalue weighted by Gasteiger charge is 2.21. The molecule has 0 aliphatic heterocycles. The second-order valence-corrected chi connectivity index (χ2v) is 8.43. The number of ether oxygens (including phenoxy) is 2. The lowest BCUT2D eigenvalue weighted by atomic mass is 10.2. The van der Waals surface area contributed by atoms with Gasteiger partial charge in [0.05, 0.1) is 25.2 Å². The van der Waals surface area contributed by atoms with E-state index in [0.717, 1.165) is 16.1 Å². The number of nitrogens with one attached hydrogen (secondary N) is 1. The normalized spacial score (nSPS) is 11.2. The van der Waals surface area contributed by atoms with Gasteiger partial charge in [0.15, 0.2) is 0 Å². The summed E-state index contributed by atoms with van der Waals surface area (Å²) in [5.41, 5.74) is 1.20. The van der Waals surface area contributed by atoms with Gasteiger partial charge in [-0.25, -0.2) is 8.42 Å². The lowest BCUT2D eigenvalue weighted by Crippen LogP contribution is -2.40. The van der Waals surface area contributed by atoms with E-state index in [9.17, 15) is 13.2 Å². The molecule has 0 saturated carbocycles. The fourth-order valence-corrected chi connectivity index (χ4v) is 3.45. The number of nitrogens with zero attached hydrogens (tertiary/aromatic N) is 1. The van der Waals surface area contributed by atoms with E-state index >= 15 is 0 Å². The van der Waals surface area contributed by atoms with Crippen LogP contribution in [0.4, 0.5) is 5.69 Å². The quantitative estimate of drug-likeness (QED) is 0.692. The number of para-hydroxylation sites is 1. The zero-order valence-electron chi connectivity index (χ0n) is 16.5. The summed E-state index contributed by atoms with van der Waals surface area (Å²) >= 11 is 0. The average molecular weight is 407 g/mol. The van der Waals surface area contributed by atoms with Crippen molar-refractivity contribution in [1.82, 2.24) is 5.32 Å². The van der Waals surface area contributed by atoms with Crippen LogP contribution < -0.4 is 19.1 Å². The largest absolute Gasteiger partial charge is 0.496 e. The van der Waals surface area contributed by atoms with Gasteiger partial charge in [-0.3, -0.25) is 9.10 Å². The van der Waals surface area contributed by atoms with E-state index in [2.05, 4.69) is 5.32 Å². The molecule has 0 unspecified atom stereocenters. The van der Waals surface area contributed by atoms with Crippen molar-refractivity contribution < 1.29 is 22.7 Å². The first-order valence-electron chi connectivity index (χ1n) is 8.83. The number of rotatable bonds is 9. The molecule has 2 rings (SSSR count). The smallest absolute Gasteiger partial charge is 0.241 e. The molecule has 0 aliphatic rings. The van der Waals surface area contributed by atoms with Crippen LogP contribution in [-0.4, -0.2) is 40.3 Å². The molecule has 0 aromatic heterocycles. The maximum atomic E-state index is 12.4. The molecule has 0 aliphatic carbocycles. The molecular weight excluding hydrogens is 380 g/mol. The van der Waals surface area contributed by atoms with Gasteiger partial charge < -0.3 is 14.8 Å². The summed E-state index contributed by atoms with van der Waals surface area (Å²) in [6.45, 7) is 3.73. The van der Waals surface area contributed by atoms with Crippen molar-refractivity contribution in [2.45, 2.75) is 26.5 Å². The second-order valence-electron chi connectivity index (χ2n) is 6.52. The molecule has 1 amide bonds. The van der Waals surface area contributed by atoms with Gasteiger partial charge in [0.2, 0.25) is 15.9 Å². The first-order valence-corrected chi connectivity index (χ1v) is 10.7. The monoisotopic (exact) mass is 406 g/mol. The summed E-state index contributed by atoms with van der Waals surface area (Å²) in [7, 11) is -2.08. The van der Waals surface area contributed by atoms with Gasteiger partial charge in [-0.2, -0.15) is 0 Å². The third-order valence-electron chi connectivity index (χ3n) is 3.85. The molecule has 0 fully saturated rings. The minimum Gasteiger partial charge on any atom is -0.496 e. The van der Waals surface area contributed by atoms with E-state index in [1.165, 1.54) is 0 Å². The van der Waals surface area contributed by atoms with Gasteiger partial charge in [0, 0.05) is 12.1 Å². The number of methoxy groups -OCH3 is 1. The van der Waals surface area contributed by atoms with Gasteiger partial charge in [0.25, 0.3) is 0 Å². The standard InChI is InChI=1S/C20H26N2O5S/c1-15(2)27-18-11-9-17(10-12-18)22(28(4,24)25)14-20(23)21-13-16-7-5-6-8-19(16)26-3/h5-12,15H,13-14H2,1-4H3,(H,21,23). The van der Waals surface area contributed by atoms with E-state index in [-0.39, 0.29) is 19.2 Å². The maximum Gasteiger partial charge on any atom is 0.241 e. The van der Waals surface area contributed by atoms with Gasteiger partial charge in [-0.1, -0.05) is 18.2 Å². The van der Waals surface area contributed by atoms with E-state index < -0.39 is 15.9 Å². The molecule has 0 radical (unpaired) electrons. The molecule has 0 bridgehead atoms. The topological polar surface area (TPSA) is 84.9 Å². The van der Waals surface area contributed by atoms with Crippen LogP contribution in [0.5, 0.6) is 11.5 Å². The number of sulfonamides is 1. The van der Waals surface area contributed by atoms with Gasteiger partial charge in [0.1, 0.15) is 18.0 Å². The van der Waals surface area contributed by atoms with Crippen LogP contribution in [0.3, 0.4) is 0 Å². The highest BCUT2D eigenvalue weighted by molar-refractivity contribution is 7.92.